The molecule has 0 N–H and O–H groups in total. The van der Waals surface area contributed by atoms with E-state index in [1.165, 1.54) is 0 Å². The number of nitrogens with zero attached hydrogens (tertiary/aromatic N) is 12. The number of hydrogen-bond acceptors (Lipinski definition) is 30. The molecular weight excluding hydrogens is 1430 g/mol. The van der Waals surface area contributed by atoms with Gasteiger partial charge in [-0.3, -0.25) is 0 Å². The second-order valence-corrected chi connectivity index (χ2v) is 23.8. The lowest BCUT2D eigenvalue weighted by atomic mass is 10.3. The highest BCUT2D eigenvalue weighted by molar-refractivity contribution is 5.88. The van der Waals surface area contributed by atoms with E-state index in [9.17, 15) is 28.8 Å². The van der Waals surface area contributed by atoms with Gasteiger partial charge in [-0.05, 0) is 93.6 Å². The molecule has 0 aliphatic rings. The summed E-state index contributed by atoms with van der Waals surface area (Å²) >= 11 is 0. The number of aromatic nitrogens is 6. The van der Waals surface area contributed by atoms with Crippen molar-refractivity contribution in [3.05, 3.63) is 220 Å². The first-order chi connectivity index (χ1) is 53.3. The van der Waals surface area contributed by atoms with Gasteiger partial charge in [-0.2, -0.15) is 29.9 Å². The lowest BCUT2D eigenvalue weighted by molar-refractivity contribution is -0.140. The lowest BCUT2D eigenvalue weighted by Crippen LogP contribution is -2.22. The van der Waals surface area contributed by atoms with Crippen molar-refractivity contribution in [3.63, 3.8) is 0 Å². The van der Waals surface area contributed by atoms with E-state index in [2.05, 4.69) is 39.5 Å². The molecule has 2 aromatic heterocycles. The summed E-state index contributed by atoms with van der Waals surface area (Å²) < 4.78 is 65.4. The van der Waals surface area contributed by atoms with Gasteiger partial charge in [0.1, 0.15) is 114 Å². The van der Waals surface area contributed by atoms with Gasteiger partial charge in [-0.15, -0.1) is 0 Å². The molecule has 0 radical (unpaired) electrons. The molecular formula is C81H90N12O18. The molecule has 6 aromatic carbocycles. The Balaban J connectivity index is 0.000000309. The van der Waals surface area contributed by atoms with Crippen molar-refractivity contribution in [2.45, 2.75) is 20.8 Å². The van der Waals surface area contributed by atoms with Crippen LogP contribution in [0.25, 0.3) is 0 Å². The third kappa shape index (κ3) is 26.9. The smallest absolute Gasteiger partial charge is 0.333 e. The molecule has 30 heteroatoms. The first kappa shape index (κ1) is 84.5. The number of carbonyl (C=O) groups excluding carboxylic acids is 6. The SMILES string of the molecule is C=C(C)C(=O)OCCOc1cccc(N(C)c2nc(N(C)c3cccc(OCCOC(=O)C(=C)C)c3)nc(N(C)c3cccc(OCCOC(=O)C(=C)C)c3)n2)c1.C=CC(=O)OCCOc1cccc(N(C)c2nc(N(C)c3cccc(OCCOC(=O)C=C)c3)nc(N(C)c3cccc(OCCOC(=O)C=C)c3)n2)c1. The van der Waals surface area contributed by atoms with Crippen LogP contribution in [0.1, 0.15) is 20.8 Å². The summed E-state index contributed by atoms with van der Waals surface area (Å²) in [6, 6.07) is 43.9. The molecule has 0 atom stereocenters. The zero-order valence-electron chi connectivity index (χ0n) is 63.5. The summed E-state index contributed by atoms with van der Waals surface area (Å²) in [5.41, 5.74) is 5.21. The summed E-state index contributed by atoms with van der Waals surface area (Å²) in [4.78, 5) is 109. The standard InChI is InChI=1S/C42H48N6O9.C39H42N6O9/c1-28(2)37(49)55-22-19-52-34-16-10-13-31(25-34)46(7)40-43-41(47(8)32-14-11-17-35(26-32)53-20-23-56-38(50)29(3)4)45-42(44-40)48(9)33-15-12-18-36(27-33)54-21-24-57-39(51)30(5)6;1-7-34(46)52-22-19-49-31-16-10-13-28(25-31)43(4)37-40-38(44(5)29-14-11-17-32(26-29)50-20-23-53-35(47)8-2)42-39(41-37)45(6)30-15-12-18-33(27-30)51-21-24-54-36(48)9-3/h10-18,25-27H,1,3,5,19-24H2,2,4,6-9H3;7-18,25-27H,1-3,19-24H2,4-6H3. The van der Waals surface area contributed by atoms with Crippen LogP contribution in [0, 0.1) is 0 Å². The van der Waals surface area contributed by atoms with E-state index >= 15 is 0 Å². The Labute approximate surface area is 644 Å². The van der Waals surface area contributed by atoms with Crippen molar-refractivity contribution in [2.24, 2.45) is 0 Å². The highest BCUT2D eigenvalue weighted by atomic mass is 16.6. The maximum Gasteiger partial charge on any atom is 0.333 e. The minimum Gasteiger partial charge on any atom is -0.490 e. The Kier molecular flexibility index (Phi) is 32.8. The quantitative estimate of drug-likeness (QED) is 0.0148. The van der Waals surface area contributed by atoms with Crippen molar-refractivity contribution < 1.29 is 85.6 Å². The largest absolute Gasteiger partial charge is 0.490 e. The number of carbonyl (C=O) groups is 6. The van der Waals surface area contributed by atoms with E-state index in [1.54, 1.807) is 86.6 Å². The molecule has 0 aliphatic carbocycles. The minimum atomic E-state index is -0.528. The average Bonchev–Trinajstić information content (AvgIpc) is 0.799. The van der Waals surface area contributed by atoms with Gasteiger partial charge in [0, 0.05) is 148 Å². The summed E-state index contributed by atoms with van der Waals surface area (Å²) in [7, 11) is 10.9. The highest BCUT2D eigenvalue weighted by Crippen LogP contribution is 2.35. The molecule has 2 heterocycles. The van der Waals surface area contributed by atoms with Crippen molar-refractivity contribution in [2.75, 3.05) is 151 Å². The summed E-state index contributed by atoms with van der Waals surface area (Å²) in [6.07, 6.45) is 3.28. The molecule has 111 heavy (non-hydrogen) atoms. The predicted molar refractivity (Wildman–Crippen MR) is 420 cm³/mol. The Hall–Kier alpha value is -13.8. The van der Waals surface area contributed by atoms with E-state index in [0.717, 1.165) is 18.2 Å². The topological polar surface area (TPSA) is 310 Å². The van der Waals surface area contributed by atoms with Crippen LogP contribution in [0.4, 0.5) is 69.8 Å². The van der Waals surface area contributed by atoms with Crippen LogP contribution in [-0.2, 0) is 57.2 Å². The van der Waals surface area contributed by atoms with Gasteiger partial charge in [-0.25, -0.2) is 28.8 Å². The molecule has 582 valence electrons. The second kappa shape index (κ2) is 43.1. The second-order valence-electron chi connectivity index (χ2n) is 23.8. The molecule has 0 fully saturated rings. The van der Waals surface area contributed by atoms with E-state index in [4.69, 9.17) is 86.7 Å². The Morgan fingerprint density at radius 2 is 0.441 bits per heavy atom. The molecule has 0 amide bonds. The van der Waals surface area contributed by atoms with Crippen molar-refractivity contribution in [3.8, 4) is 34.5 Å². The number of hydrogen-bond donors (Lipinski definition) is 0. The lowest BCUT2D eigenvalue weighted by Gasteiger charge is -2.25. The van der Waals surface area contributed by atoms with Crippen LogP contribution in [0.5, 0.6) is 34.5 Å². The van der Waals surface area contributed by atoms with Crippen LogP contribution in [0.3, 0.4) is 0 Å². The summed E-state index contributed by atoms with van der Waals surface area (Å²) in [6.45, 7) is 26.9. The van der Waals surface area contributed by atoms with Crippen LogP contribution < -0.4 is 57.8 Å². The molecule has 0 bridgehead atoms. The summed E-state index contributed by atoms with van der Waals surface area (Å²) in [5.74, 6) is 2.17. The number of rotatable bonds is 42. The fraction of sp³-hybridized carbons (Fsp3) is 0.259. The number of esters is 6. The van der Waals surface area contributed by atoms with Crippen molar-refractivity contribution in [1.29, 1.82) is 0 Å². The molecule has 0 unspecified atom stereocenters. The van der Waals surface area contributed by atoms with Gasteiger partial charge in [0.15, 0.2) is 0 Å². The normalized spacial score (nSPS) is 10.4. The van der Waals surface area contributed by atoms with Gasteiger partial charge >= 0.3 is 35.8 Å². The van der Waals surface area contributed by atoms with E-state index in [-0.39, 0.29) is 79.3 Å². The van der Waals surface area contributed by atoms with E-state index in [0.29, 0.717) is 121 Å². The molecule has 8 rings (SSSR count). The molecule has 0 spiro atoms. The minimum absolute atomic E-state index is 0.0633. The molecule has 0 saturated heterocycles. The third-order valence-electron chi connectivity index (χ3n) is 15.3. The van der Waals surface area contributed by atoms with Crippen molar-refractivity contribution in [1.82, 2.24) is 29.9 Å². The Bertz CT molecular complexity index is 4120. The average molecular weight is 1520 g/mol. The van der Waals surface area contributed by atoms with Gasteiger partial charge in [0.2, 0.25) is 35.7 Å². The zero-order valence-corrected chi connectivity index (χ0v) is 63.5. The Morgan fingerprint density at radius 3 is 0.595 bits per heavy atom. The molecule has 0 saturated carbocycles. The molecule has 30 nitrogen and oxygen atoms in total. The van der Waals surface area contributed by atoms with Crippen LogP contribution >= 0.6 is 0 Å². The van der Waals surface area contributed by atoms with Crippen LogP contribution in [-0.4, -0.2) is 187 Å². The highest BCUT2D eigenvalue weighted by Gasteiger charge is 2.23. The van der Waals surface area contributed by atoms with Gasteiger partial charge in [0.25, 0.3) is 0 Å². The first-order valence-electron chi connectivity index (χ1n) is 34.5. The third-order valence-corrected chi connectivity index (χ3v) is 15.3. The number of benzene rings is 6. The van der Waals surface area contributed by atoms with E-state index in [1.807, 2.05) is 151 Å². The Morgan fingerprint density at radius 1 is 0.279 bits per heavy atom. The van der Waals surface area contributed by atoms with Crippen molar-refractivity contribution >= 4 is 106 Å². The van der Waals surface area contributed by atoms with Gasteiger partial charge in [-0.1, -0.05) is 75.9 Å². The zero-order chi connectivity index (χ0) is 80.4. The monoisotopic (exact) mass is 1520 g/mol. The van der Waals surface area contributed by atoms with Gasteiger partial charge < -0.3 is 86.2 Å². The fourth-order valence-electron chi connectivity index (χ4n) is 9.30. The molecule has 8 aromatic rings. The fourth-order valence-corrected chi connectivity index (χ4v) is 9.30. The van der Waals surface area contributed by atoms with Gasteiger partial charge in [0.05, 0.1) is 0 Å². The van der Waals surface area contributed by atoms with E-state index < -0.39 is 35.8 Å². The summed E-state index contributed by atoms with van der Waals surface area (Å²) in [5, 5.41) is 0. The number of ether oxygens (including phenoxy) is 12. The maximum atomic E-state index is 11.7. The van der Waals surface area contributed by atoms with Crippen LogP contribution in [0.2, 0.25) is 0 Å². The predicted octanol–water partition coefficient (Wildman–Crippen LogP) is 12.2. The number of anilines is 12. The van der Waals surface area contributed by atoms with Crippen LogP contribution in [0.15, 0.2) is 220 Å². The first-order valence-corrected chi connectivity index (χ1v) is 34.5. The molecule has 0 aliphatic heterocycles. The maximum absolute atomic E-state index is 11.7.